The van der Waals surface area contributed by atoms with Crippen molar-refractivity contribution in [1.29, 1.82) is 0 Å². The molecule has 24 heavy (non-hydrogen) atoms. The third-order valence-corrected chi connectivity index (χ3v) is 5.91. The Kier molecular flexibility index (Phi) is 4.09. The van der Waals surface area contributed by atoms with E-state index in [9.17, 15) is 4.79 Å². The summed E-state index contributed by atoms with van der Waals surface area (Å²) < 4.78 is 0. The van der Waals surface area contributed by atoms with Crippen LogP contribution in [0.15, 0.2) is 30.6 Å². The maximum atomic E-state index is 13.2. The Bertz CT molecular complexity index is 749. The number of hydrogen-bond donors (Lipinski definition) is 1. The molecule has 1 amide bonds. The second-order valence-corrected chi connectivity index (χ2v) is 7.29. The van der Waals surface area contributed by atoms with Crippen LogP contribution in [0.25, 0.3) is 0 Å². The monoisotopic (exact) mass is 343 g/mol. The molecule has 5 heteroatoms. The topological polar surface area (TPSA) is 49.0 Å². The summed E-state index contributed by atoms with van der Waals surface area (Å²) in [5.74, 6) is 0.165. The summed E-state index contributed by atoms with van der Waals surface area (Å²) in [6.45, 7) is 0.762. The first kappa shape index (κ1) is 15.7. The third-order valence-electron chi connectivity index (χ3n) is 5.54. The van der Waals surface area contributed by atoms with E-state index in [1.807, 2.05) is 24.3 Å². The van der Waals surface area contributed by atoms with E-state index in [2.05, 4.69) is 14.9 Å². The van der Waals surface area contributed by atoms with Gasteiger partial charge in [0, 0.05) is 23.7 Å². The predicted octanol–water partition coefficient (Wildman–Crippen LogP) is 3.85. The highest BCUT2D eigenvalue weighted by molar-refractivity contribution is 6.31. The summed E-state index contributed by atoms with van der Waals surface area (Å²) in [6.07, 6.45) is 8.58. The van der Waals surface area contributed by atoms with E-state index in [4.69, 9.17) is 11.6 Å². The van der Waals surface area contributed by atoms with Crippen molar-refractivity contribution in [3.05, 3.63) is 52.6 Å². The first-order chi connectivity index (χ1) is 11.7. The lowest BCUT2D eigenvalue weighted by Crippen LogP contribution is -2.55. The Morgan fingerprint density at radius 3 is 2.83 bits per heavy atom. The van der Waals surface area contributed by atoms with Gasteiger partial charge in [-0.25, -0.2) is 4.98 Å². The number of amides is 1. The van der Waals surface area contributed by atoms with E-state index >= 15 is 0 Å². The zero-order valence-corrected chi connectivity index (χ0v) is 14.5. The number of H-pyrrole nitrogens is 1. The van der Waals surface area contributed by atoms with Crippen molar-refractivity contribution in [3.8, 4) is 0 Å². The smallest absolute Gasteiger partial charge is 0.227 e. The molecule has 1 fully saturated rings. The van der Waals surface area contributed by atoms with Crippen molar-refractivity contribution < 1.29 is 4.79 Å². The lowest BCUT2D eigenvalue weighted by molar-refractivity contribution is -0.140. The Labute approximate surface area is 147 Å². The number of carbonyl (C=O) groups excluding carboxylic acids is 1. The summed E-state index contributed by atoms with van der Waals surface area (Å²) in [5, 5.41) is 0.668. The van der Waals surface area contributed by atoms with Gasteiger partial charge in [0.1, 0.15) is 0 Å². The predicted molar refractivity (Wildman–Crippen MR) is 93.9 cm³/mol. The number of aromatic nitrogens is 2. The summed E-state index contributed by atoms with van der Waals surface area (Å²) in [7, 11) is 0. The average molecular weight is 344 g/mol. The number of hydrogen-bond acceptors (Lipinski definition) is 2. The maximum Gasteiger partial charge on any atom is 0.227 e. The first-order valence-corrected chi connectivity index (χ1v) is 9.15. The molecule has 1 spiro atoms. The van der Waals surface area contributed by atoms with Gasteiger partial charge in [-0.05, 0) is 24.5 Å². The number of nitrogens with zero attached hydrogens (tertiary/aromatic N) is 2. The summed E-state index contributed by atoms with van der Waals surface area (Å²) in [6, 6.07) is 7.63. The highest BCUT2D eigenvalue weighted by Gasteiger charge is 2.47. The fraction of sp³-hybridized carbons (Fsp3) is 0.474. The van der Waals surface area contributed by atoms with Crippen LogP contribution in [-0.4, -0.2) is 27.3 Å². The highest BCUT2D eigenvalue weighted by atomic mass is 35.5. The number of benzene rings is 1. The SMILES string of the molecule is O=C(Cc1ccccc1Cl)N1CCc2[nH]cnc2C12CCCCC2. The van der Waals surface area contributed by atoms with Crippen LogP contribution in [0.5, 0.6) is 0 Å². The summed E-state index contributed by atoms with van der Waals surface area (Å²) in [5.41, 5.74) is 2.99. The molecule has 0 unspecified atom stereocenters. The normalized spacial score (nSPS) is 19.3. The van der Waals surface area contributed by atoms with Crippen LogP contribution in [0, 0.1) is 0 Å². The third kappa shape index (κ3) is 2.53. The van der Waals surface area contributed by atoms with Crippen molar-refractivity contribution in [2.24, 2.45) is 0 Å². The molecule has 0 bridgehead atoms. The van der Waals surface area contributed by atoms with Gasteiger partial charge in [-0.15, -0.1) is 0 Å². The van der Waals surface area contributed by atoms with Crippen molar-refractivity contribution in [3.63, 3.8) is 0 Å². The number of imidazole rings is 1. The number of nitrogens with one attached hydrogen (secondary N) is 1. The lowest BCUT2D eigenvalue weighted by atomic mass is 9.74. The van der Waals surface area contributed by atoms with Gasteiger partial charge in [0.05, 0.1) is 24.0 Å². The van der Waals surface area contributed by atoms with Gasteiger partial charge in [0.15, 0.2) is 0 Å². The Morgan fingerprint density at radius 1 is 1.25 bits per heavy atom. The van der Waals surface area contributed by atoms with E-state index in [0.717, 1.165) is 49.9 Å². The molecule has 0 saturated heterocycles. The molecule has 1 saturated carbocycles. The maximum absolute atomic E-state index is 13.2. The van der Waals surface area contributed by atoms with E-state index in [-0.39, 0.29) is 11.4 Å². The van der Waals surface area contributed by atoms with E-state index in [0.29, 0.717) is 11.4 Å². The van der Waals surface area contributed by atoms with Gasteiger partial charge >= 0.3 is 0 Å². The van der Waals surface area contributed by atoms with Gasteiger partial charge < -0.3 is 9.88 Å². The Morgan fingerprint density at radius 2 is 2.04 bits per heavy atom. The van der Waals surface area contributed by atoms with Crippen molar-refractivity contribution in [1.82, 2.24) is 14.9 Å². The zero-order chi connectivity index (χ0) is 16.6. The molecule has 4 rings (SSSR count). The highest BCUT2D eigenvalue weighted by Crippen LogP contribution is 2.45. The molecule has 1 N–H and O–H groups in total. The minimum absolute atomic E-state index is 0.165. The molecule has 2 heterocycles. The number of aromatic amines is 1. The molecule has 1 aromatic carbocycles. The average Bonchev–Trinajstić information content (AvgIpc) is 3.08. The minimum Gasteiger partial charge on any atom is -0.348 e. The standard InChI is InChI=1S/C19H22ClN3O/c20-15-7-3-2-6-14(15)12-17(24)23-11-8-16-18(22-13-21-16)19(23)9-4-1-5-10-19/h2-3,6-7,13H,1,4-5,8-12H2,(H,21,22). The first-order valence-electron chi connectivity index (χ1n) is 8.77. The zero-order valence-electron chi connectivity index (χ0n) is 13.7. The van der Waals surface area contributed by atoms with Gasteiger partial charge in [0.2, 0.25) is 5.91 Å². The molecular formula is C19H22ClN3O. The second kappa shape index (κ2) is 6.25. The van der Waals surface area contributed by atoms with Crippen molar-refractivity contribution in [2.45, 2.75) is 50.5 Å². The summed E-state index contributed by atoms with van der Waals surface area (Å²) in [4.78, 5) is 23.1. The minimum atomic E-state index is -0.218. The fourth-order valence-corrected chi connectivity index (χ4v) is 4.59. The number of rotatable bonds is 2. The second-order valence-electron chi connectivity index (χ2n) is 6.89. The molecule has 1 aromatic heterocycles. The van der Waals surface area contributed by atoms with Crippen LogP contribution >= 0.6 is 11.6 Å². The van der Waals surface area contributed by atoms with Crippen LogP contribution in [0.1, 0.15) is 49.1 Å². The molecule has 1 aliphatic carbocycles. The van der Waals surface area contributed by atoms with Gasteiger partial charge in [-0.3, -0.25) is 4.79 Å². The van der Waals surface area contributed by atoms with Gasteiger partial charge in [-0.1, -0.05) is 49.1 Å². The Hall–Kier alpha value is -1.81. The fourth-order valence-electron chi connectivity index (χ4n) is 4.38. The van der Waals surface area contributed by atoms with Crippen LogP contribution in [0.3, 0.4) is 0 Å². The van der Waals surface area contributed by atoms with E-state index < -0.39 is 0 Å². The largest absolute Gasteiger partial charge is 0.348 e. The van der Waals surface area contributed by atoms with Gasteiger partial charge in [-0.2, -0.15) is 0 Å². The lowest BCUT2D eigenvalue weighted by Gasteiger charge is -2.48. The van der Waals surface area contributed by atoms with E-state index in [1.165, 1.54) is 12.1 Å². The molecular weight excluding hydrogens is 322 g/mol. The van der Waals surface area contributed by atoms with Crippen LogP contribution in [0.4, 0.5) is 0 Å². The van der Waals surface area contributed by atoms with Crippen LogP contribution in [-0.2, 0) is 23.2 Å². The molecule has 126 valence electrons. The molecule has 4 nitrogen and oxygen atoms in total. The van der Waals surface area contributed by atoms with Crippen molar-refractivity contribution in [2.75, 3.05) is 6.54 Å². The molecule has 0 radical (unpaired) electrons. The molecule has 2 aliphatic rings. The number of fused-ring (bicyclic) bond motifs is 2. The molecule has 2 aromatic rings. The van der Waals surface area contributed by atoms with E-state index in [1.54, 1.807) is 6.33 Å². The Balaban J connectivity index is 1.66. The van der Waals surface area contributed by atoms with Crippen LogP contribution in [0.2, 0.25) is 5.02 Å². The van der Waals surface area contributed by atoms with Gasteiger partial charge in [0.25, 0.3) is 0 Å². The summed E-state index contributed by atoms with van der Waals surface area (Å²) >= 11 is 6.26. The number of halogens is 1. The molecule has 1 aliphatic heterocycles. The quantitative estimate of drug-likeness (QED) is 0.900. The number of carbonyl (C=O) groups is 1. The molecule has 0 atom stereocenters. The van der Waals surface area contributed by atoms with Crippen LogP contribution < -0.4 is 0 Å². The van der Waals surface area contributed by atoms with Crippen molar-refractivity contribution >= 4 is 17.5 Å².